The van der Waals surface area contributed by atoms with Crippen LogP contribution in [0, 0.1) is 0 Å². The lowest BCUT2D eigenvalue weighted by Crippen LogP contribution is -2.14. The second-order valence-electron chi connectivity index (χ2n) is 15.0. The van der Waals surface area contributed by atoms with Gasteiger partial charge in [-0.1, -0.05) is 103 Å². The number of hydrogen-bond acceptors (Lipinski definition) is 6. The van der Waals surface area contributed by atoms with Crippen LogP contribution in [0.15, 0.2) is 121 Å². The van der Waals surface area contributed by atoms with Crippen LogP contribution in [-0.4, -0.2) is 22.0 Å². The van der Waals surface area contributed by atoms with E-state index in [4.69, 9.17) is 9.47 Å². The Morgan fingerprint density at radius 2 is 0.789 bits per heavy atom. The third-order valence-corrected chi connectivity index (χ3v) is 10.7. The van der Waals surface area contributed by atoms with Gasteiger partial charge in [0, 0.05) is 72.2 Å². The number of amides is 2. The summed E-state index contributed by atoms with van der Waals surface area (Å²) in [7, 11) is 0. The molecule has 0 radical (unpaired) electrons. The van der Waals surface area contributed by atoms with Gasteiger partial charge < -0.3 is 30.3 Å². The first-order chi connectivity index (χ1) is 27.9. The van der Waals surface area contributed by atoms with Gasteiger partial charge in [-0.05, 0) is 70.5 Å². The highest BCUT2D eigenvalue weighted by Gasteiger charge is 2.23. The summed E-state index contributed by atoms with van der Waals surface area (Å²) in [6, 6.07) is 39.1. The van der Waals surface area contributed by atoms with Crippen molar-refractivity contribution in [1.82, 2.24) is 0 Å². The average molecular weight is 759 g/mol. The molecule has 8 heteroatoms. The molecule has 2 heterocycles. The van der Waals surface area contributed by atoms with Crippen molar-refractivity contribution in [3.63, 3.8) is 0 Å². The number of phenols is 2. The second-order valence-corrected chi connectivity index (χ2v) is 15.0. The molecule has 57 heavy (non-hydrogen) atoms. The maximum absolute atomic E-state index is 13.3. The van der Waals surface area contributed by atoms with Crippen LogP contribution in [0.25, 0.3) is 0 Å². The predicted octanol–water partition coefficient (Wildman–Crippen LogP) is 9.77. The fraction of sp³-hybridized carbons (Fsp3) is 0.224. The van der Waals surface area contributed by atoms with Crippen molar-refractivity contribution in [3.05, 3.63) is 177 Å². The van der Waals surface area contributed by atoms with Gasteiger partial charge in [-0.3, -0.25) is 9.59 Å². The molecule has 2 amide bonds. The molecular formula is C49H46N2O6. The smallest absolute Gasteiger partial charge is 0.224 e. The maximum atomic E-state index is 13.3. The van der Waals surface area contributed by atoms with Crippen LogP contribution in [0.2, 0.25) is 0 Å². The molecule has 0 aromatic heterocycles. The van der Waals surface area contributed by atoms with Crippen molar-refractivity contribution in [3.8, 4) is 23.0 Å². The SMILES string of the molecule is O=C1CCCCCC(=O)Nc2cc3c(O)c(c2)Cc2cccc(c2OCc2ccccc2)Cc2cc(cc(c2O)Cc2cccc(c2OCc2ccccc2)C3)N1. The van der Waals surface area contributed by atoms with E-state index in [9.17, 15) is 19.8 Å². The maximum Gasteiger partial charge on any atom is 0.224 e. The number of aromatic hydroxyl groups is 2. The quantitative estimate of drug-likeness (QED) is 0.126. The van der Waals surface area contributed by atoms with Gasteiger partial charge >= 0.3 is 0 Å². The number of anilines is 2. The normalized spacial score (nSPS) is 14.3. The standard InChI is InChI=1S/C49H46N2O6/c52-44-20-8-3-9-21-45(53)51-43-27-39-23-35-17-10-16-34(48(35)56-30-32-12-4-1-5-13-32)22-38-26-42(50-44)28-40(46(38)54)24-36-18-11-19-37(25-41(29-43)47(39)55)49(36)57-31-33-14-6-2-7-15-33/h1-2,4-7,10-19,26-29,54-55H,3,8-9,20-25,30-31H2,(H,50,52)(H,51,53). The van der Waals surface area contributed by atoms with Crippen LogP contribution < -0.4 is 20.1 Å². The van der Waals surface area contributed by atoms with E-state index < -0.39 is 0 Å². The summed E-state index contributed by atoms with van der Waals surface area (Å²) >= 11 is 0. The first kappa shape index (κ1) is 37.4. The summed E-state index contributed by atoms with van der Waals surface area (Å²) < 4.78 is 13.3. The Bertz CT molecular complexity index is 2150. The van der Waals surface area contributed by atoms with Gasteiger partial charge in [0.05, 0.1) is 0 Å². The Morgan fingerprint density at radius 3 is 1.14 bits per heavy atom. The molecule has 0 spiro atoms. The highest BCUT2D eigenvalue weighted by Crippen LogP contribution is 2.40. The molecule has 6 aromatic carbocycles. The third kappa shape index (κ3) is 8.97. The van der Waals surface area contributed by atoms with E-state index in [1.807, 2.05) is 121 Å². The number of nitrogens with one attached hydrogen (secondary N) is 2. The lowest BCUT2D eigenvalue weighted by molar-refractivity contribution is -0.116. The lowest BCUT2D eigenvalue weighted by atomic mass is 9.90. The molecule has 0 saturated heterocycles. The van der Waals surface area contributed by atoms with Crippen molar-refractivity contribution in [2.24, 2.45) is 0 Å². The van der Waals surface area contributed by atoms with Crippen LogP contribution >= 0.6 is 0 Å². The summed E-state index contributed by atoms with van der Waals surface area (Å²) in [6.07, 6.45) is 3.84. The highest BCUT2D eigenvalue weighted by atomic mass is 16.5. The van der Waals surface area contributed by atoms with Crippen molar-refractivity contribution >= 4 is 23.2 Å². The third-order valence-electron chi connectivity index (χ3n) is 10.7. The Labute approximate surface area is 333 Å². The largest absolute Gasteiger partial charge is 0.507 e. The monoisotopic (exact) mass is 758 g/mol. The fourth-order valence-electron chi connectivity index (χ4n) is 7.88. The minimum Gasteiger partial charge on any atom is -0.507 e. The number of hydrogen-bond donors (Lipinski definition) is 4. The molecule has 0 saturated carbocycles. The molecular weight excluding hydrogens is 713 g/mol. The number of benzene rings is 6. The zero-order chi connectivity index (χ0) is 39.1. The molecule has 1 aliphatic carbocycles. The zero-order valence-electron chi connectivity index (χ0n) is 31.9. The molecule has 10 bridgehead atoms. The number of fused-ring (bicyclic) bond motifs is 8. The Hall–Kier alpha value is -6.54. The van der Waals surface area contributed by atoms with Crippen LogP contribution in [-0.2, 0) is 48.5 Å². The summed E-state index contributed by atoms with van der Waals surface area (Å²) in [4.78, 5) is 26.7. The molecule has 2 aliphatic heterocycles. The van der Waals surface area contributed by atoms with Crippen molar-refractivity contribution < 1.29 is 29.3 Å². The summed E-state index contributed by atoms with van der Waals surface area (Å²) in [5.41, 5.74) is 9.11. The number of carbonyl (C=O) groups excluding carboxylic acids is 2. The number of carbonyl (C=O) groups is 2. The van der Waals surface area contributed by atoms with E-state index >= 15 is 0 Å². The average Bonchev–Trinajstić information content (AvgIpc) is 3.20. The minimum absolute atomic E-state index is 0.127. The lowest BCUT2D eigenvalue weighted by Gasteiger charge is -2.22. The minimum atomic E-state index is -0.127. The van der Waals surface area contributed by atoms with E-state index in [0.717, 1.165) is 39.8 Å². The van der Waals surface area contributed by atoms with Gasteiger partial charge in [0.1, 0.15) is 36.2 Å². The number of phenolic OH excluding ortho intramolecular Hbond substituents is 2. The summed E-state index contributed by atoms with van der Waals surface area (Å²) in [6.45, 7) is 0.623. The second kappa shape index (κ2) is 17.1. The van der Waals surface area contributed by atoms with Gasteiger partial charge in [-0.2, -0.15) is 0 Å². The van der Waals surface area contributed by atoms with Crippen LogP contribution in [0.1, 0.15) is 87.7 Å². The molecule has 288 valence electrons. The van der Waals surface area contributed by atoms with Gasteiger partial charge in [0.15, 0.2) is 0 Å². The van der Waals surface area contributed by atoms with E-state index in [2.05, 4.69) is 10.6 Å². The Morgan fingerprint density at radius 1 is 0.439 bits per heavy atom. The molecule has 0 fully saturated rings. The number of para-hydroxylation sites is 2. The van der Waals surface area contributed by atoms with E-state index in [-0.39, 0.29) is 23.3 Å². The molecule has 6 aromatic rings. The van der Waals surface area contributed by atoms with E-state index in [1.54, 1.807) is 0 Å². The van der Waals surface area contributed by atoms with Gasteiger partial charge in [0.2, 0.25) is 11.8 Å². The Balaban J connectivity index is 1.33. The zero-order valence-corrected chi connectivity index (χ0v) is 31.9. The van der Waals surface area contributed by atoms with E-state index in [0.29, 0.717) is 110 Å². The topological polar surface area (TPSA) is 117 Å². The summed E-state index contributed by atoms with van der Waals surface area (Å²) in [5, 5.41) is 30.4. The molecule has 8 nitrogen and oxygen atoms in total. The van der Waals surface area contributed by atoms with Crippen LogP contribution in [0.5, 0.6) is 23.0 Å². The van der Waals surface area contributed by atoms with Crippen molar-refractivity contribution in [1.29, 1.82) is 0 Å². The number of ether oxygens (including phenoxy) is 2. The fourth-order valence-corrected chi connectivity index (χ4v) is 7.88. The molecule has 4 N–H and O–H groups in total. The predicted molar refractivity (Wildman–Crippen MR) is 222 cm³/mol. The van der Waals surface area contributed by atoms with Gasteiger partial charge in [-0.15, -0.1) is 0 Å². The molecule has 3 aliphatic rings. The first-order valence-corrected chi connectivity index (χ1v) is 19.7. The number of rotatable bonds is 6. The summed E-state index contributed by atoms with van der Waals surface area (Å²) in [5.74, 6) is 1.33. The molecule has 9 rings (SSSR count). The highest BCUT2D eigenvalue weighted by molar-refractivity contribution is 5.92. The van der Waals surface area contributed by atoms with Gasteiger partial charge in [0.25, 0.3) is 0 Å². The van der Waals surface area contributed by atoms with Crippen LogP contribution in [0.3, 0.4) is 0 Å². The molecule has 0 unspecified atom stereocenters. The van der Waals surface area contributed by atoms with E-state index in [1.165, 1.54) is 0 Å². The van der Waals surface area contributed by atoms with Crippen molar-refractivity contribution in [2.45, 2.75) is 71.0 Å². The first-order valence-electron chi connectivity index (χ1n) is 19.7. The van der Waals surface area contributed by atoms with Crippen molar-refractivity contribution in [2.75, 3.05) is 10.6 Å². The molecule has 0 atom stereocenters. The Kier molecular flexibility index (Phi) is 11.2. The van der Waals surface area contributed by atoms with Crippen LogP contribution in [0.4, 0.5) is 11.4 Å². The van der Waals surface area contributed by atoms with Gasteiger partial charge in [-0.25, -0.2) is 0 Å².